The third-order valence-electron chi connectivity index (χ3n) is 3.39. The zero-order valence-electron chi connectivity index (χ0n) is 11.9. The highest BCUT2D eigenvalue weighted by Gasteiger charge is 2.16. The van der Waals surface area contributed by atoms with E-state index in [1.165, 1.54) is 5.56 Å². The molecule has 2 heteroatoms. The lowest BCUT2D eigenvalue weighted by atomic mass is 9.93. The molecule has 0 bridgehead atoms. The summed E-state index contributed by atoms with van der Waals surface area (Å²) in [7, 11) is -2.26. The first-order chi connectivity index (χ1) is 8.84. The summed E-state index contributed by atoms with van der Waals surface area (Å²) in [5.74, 6) is 3.10. The van der Waals surface area contributed by atoms with Crippen molar-refractivity contribution < 1.29 is 4.57 Å². The zero-order valence-corrected chi connectivity index (χ0v) is 12.8. The molecule has 0 aromatic heterocycles. The second kappa shape index (κ2) is 4.87. The molecule has 0 saturated carbocycles. The van der Waals surface area contributed by atoms with E-state index < -0.39 is 7.14 Å². The number of benzene rings is 2. The highest BCUT2D eigenvalue weighted by atomic mass is 31.2. The molecule has 0 atom stereocenters. The van der Waals surface area contributed by atoms with Crippen LogP contribution in [0.5, 0.6) is 0 Å². The van der Waals surface area contributed by atoms with E-state index in [2.05, 4.69) is 25.8 Å². The van der Waals surface area contributed by atoms with Crippen molar-refractivity contribution in [3.8, 4) is 12.3 Å². The van der Waals surface area contributed by atoms with Crippen LogP contribution in [-0.2, 0) is 4.57 Å². The normalized spacial score (nSPS) is 11.8. The minimum Gasteiger partial charge on any atom is -0.319 e. The van der Waals surface area contributed by atoms with E-state index in [1.54, 1.807) is 0 Å². The van der Waals surface area contributed by atoms with Gasteiger partial charge in [-0.05, 0) is 48.4 Å². The molecule has 0 unspecified atom stereocenters. The SMILES string of the molecule is C#Cc1cccc2cc(P(C)(C)=O)cc(C(C)C)c12. The van der Waals surface area contributed by atoms with Crippen LogP contribution in [-0.4, -0.2) is 13.3 Å². The Labute approximate surface area is 115 Å². The van der Waals surface area contributed by atoms with Crippen molar-refractivity contribution in [2.24, 2.45) is 0 Å². The van der Waals surface area contributed by atoms with Crippen LogP contribution in [0.2, 0.25) is 0 Å². The van der Waals surface area contributed by atoms with Gasteiger partial charge in [0.05, 0.1) is 0 Å². The molecule has 0 saturated heterocycles. The summed E-state index contributed by atoms with van der Waals surface area (Å²) in [5.41, 5.74) is 2.10. The van der Waals surface area contributed by atoms with Gasteiger partial charge in [-0.1, -0.05) is 31.9 Å². The van der Waals surface area contributed by atoms with E-state index >= 15 is 0 Å². The third kappa shape index (κ3) is 2.60. The smallest absolute Gasteiger partial charge is 0.109 e. The van der Waals surface area contributed by atoms with Crippen molar-refractivity contribution in [2.75, 3.05) is 13.3 Å². The monoisotopic (exact) mass is 270 g/mol. The average Bonchev–Trinajstić information content (AvgIpc) is 2.35. The fourth-order valence-corrected chi connectivity index (χ4v) is 3.23. The molecule has 0 aliphatic carbocycles. The molecule has 2 aromatic carbocycles. The van der Waals surface area contributed by atoms with Crippen LogP contribution < -0.4 is 5.30 Å². The molecule has 19 heavy (non-hydrogen) atoms. The molecule has 1 nitrogen and oxygen atoms in total. The summed E-state index contributed by atoms with van der Waals surface area (Å²) in [4.78, 5) is 0. The minimum absolute atomic E-state index is 0.350. The van der Waals surface area contributed by atoms with Gasteiger partial charge < -0.3 is 4.57 Å². The fraction of sp³-hybridized carbons (Fsp3) is 0.294. The Balaban J connectivity index is 2.93. The summed E-state index contributed by atoms with van der Waals surface area (Å²) in [5, 5.41) is 3.13. The van der Waals surface area contributed by atoms with Gasteiger partial charge in [0, 0.05) is 16.3 Å². The molecule has 0 N–H and O–H groups in total. The van der Waals surface area contributed by atoms with E-state index in [4.69, 9.17) is 6.42 Å². The Kier molecular flexibility index (Phi) is 3.57. The van der Waals surface area contributed by atoms with Crippen molar-refractivity contribution in [1.29, 1.82) is 0 Å². The predicted molar refractivity (Wildman–Crippen MR) is 85.1 cm³/mol. The van der Waals surface area contributed by atoms with Gasteiger partial charge in [0.25, 0.3) is 0 Å². The number of rotatable bonds is 2. The largest absolute Gasteiger partial charge is 0.319 e. The molecule has 0 spiro atoms. The first-order valence-corrected chi connectivity index (χ1v) is 9.03. The molecule has 98 valence electrons. The molecular formula is C17H19OP. The molecule has 0 aliphatic rings. The molecular weight excluding hydrogens is 251 g/mol. The van der Waals surface area contributed by atoms with E-state index in [-0.39, 0.29) is 0 Å². The number of terminal acetylenes is 1. The maximum Gasteiger partial charge on any atom is 0.109 e. The van der Waals surface area contributed by atoms with Gasteiger partial charge in [-0.3, -0.25) is 0 Å². The first kappa shape index (κ1) is 13.9. The highest BCUT2D eigenvalue weighted by molar-refractivity contribution is 7.70. The predicted octanol–water partition coefficient (Wildman–Crippen LogP) is 4.19. The molecule has 0 fully saturated rings. The van der Waals surface area contributed by atoms with Gasteiger partial charge >= 0.3 is 0 Å². The lowest BCUT2D eigenvalue weighted by Crippen LogP contribution is -2.06. The molecule has 0 heterocycles. The zero-order chi connectivity index (χ0) is 14.2. The van der Waals surface area contributed by atoms with Gasteiger partial charge in [-0.15, -0.1) is 6.42 Å². The summed E-state index contributed by atoms with van der Waals surface area (Å²) in [6, 6.07) is 10.0. The summed E-state index contributed by atoms with van der Waals surface area (Å²) < 4.78 is 12.3. The average molecular weight is 270 g/mol. The summed E-state index contributed by atoms with van der Waals surface area (Å²) in [6.07, 6.45) is 5.60. The van der Waals surface area contributed by atoms with Crippen molar-refractivity contribution in [3.63, 3.8) is 0 Å². The van der Waals surface area contributed by atoms with Gasteiger partial charge in [-0.2, -0.15) is 0 Å². The maximum absolute atomic E-state index is 12.3. The maximum atomic E-state index is 12.3. The van der Waals surface area contributed by atoms with Crippen molar-refractivity contribution in [2.45, 2.75) is 19.8 Å². The van der Waals surface area contributed by atoms with E-state index in [0.717, 1.165) is 21.6 Å². The second-order valence-electron chi connectivity index (χ2n) is 5.59. The molecule has 0 aliphatic heterocycles. The van der Waals surface area contributed by atoms with Crippen molar-refractivity contribution in [1.82, 2.24) is 0 Å². The molecule has 2 aromatic rings. The Morgan fingerprint density at radius 2 is 1.89 bits per heavy atom. The molecule has 2 rings (SSSR count). The topological polar surface area (TPSA) is 17.1 Å². The Bertz CT molecular complexity index is 714. The second-order valence-corrected chi connectivity index (χ2v) is 8.81. The fourth-order valence-electron chi connectivity index (χ4n) is 2.33. The van der Waals surface area contributed by atoms with Crippen LogP contribution in [0.15, 0.2) is 30.3 Å². The van der Waals surface area contributed by atoms with Crippen LogP contribution in [0.1, 0.15) is 30.9 Å². The Hall–Kier alpha value is -1.51. The molecule has 0 radical (unpaired) electrons. The van der Waals surface area contributed by atoms with E-state index in [9.17, 15) is 4.57 Å². The van der Waals surface area contributed by atoms with Crippen LogP contribution in [0, 0.1) is 12.3 Å². The van der Waals surface area contributed by atoms with Gasteiger partial charge in [0.15, 0.2) is 0 Å². The van der Waals surface area contributed by atoms with E-state index in [1.807, 2.05) is 37.6 Å². The van der Waals surface area contributed by atoms with Crippen LogP contribution in [0.4, 0.5) is 0 Å². The number of hydrogen-bond donors (Lipinski definition) is 0. The molecule has 0 amide bonds. The first-order valence-electron chi connectivity index (χ1n) is 6.43. The standard InChI is InChI=1S/C17H19OP/c1-6-13-8-7-9-14-10-15(19(4,5)18)11-16(12(2)3)17(13)14/h1,7-12H,2-5H3. The van der Waals surface area contributed by atoms with E-state index in [0.29, 0.717) is 5.92 Å². The summed E-state index contributed by atoms with van der Waals surface area (Å²) >= 11 is 0. The lowest BCUT2D eigenvalue weighted by molar-refractivity contribution is 0.588. The van der Waals surface area contributed by atoms with Gasteiger partial charge in [0.1, 0.15) is 7.14 Å². The minimum atomic E-state index is -2.26. The lowest BCUT2D eigenvalue weighted by Gasteiger charge is -2.16. The Morgan fingerprint density at radius 1 is 1.21 bits per heavy atom. The summed E-state index contributed by atoms with van der Waals surface area (Å²) in [6.45, 7) is 7.90. The number of hydrogen-bond acceptors (Lipinski definition) is 1. The van der Waals surface area contributed by atoms with Crippen molar-refractivity contribution >= 4 is 23.2 Å². The van der Waals surface area contributed by atoms with Crippen LogP contribution in [0.3, 0.4) is 0 Å². The Morgan fingerprint density at radius 3 is 2.42 bits per heavy atom. The van der Waals surface area contributed by atoms with Gasteiger partial charge in [-0.25, -0.2) is 0 Å². The van der Waals surface area contributed by atoms with Crippen LogP contribution in [0.25, 0.3) is 10.8 Å². The highest BCUT2D eigenvalue weighted by Crippen LogP contribution is 2.38. The van der Waals surface area contributed by atoms with Crippen molar-refractivity contribution in [3.05, 3.63) is 41.5 Å². The number of fused-ring (bicyclic) bond motifs is 1. The van der Waals surface area contributed by atoms with Gasteiger partial charge in [0.2, 0.25) is 0 Å². The third-order valence-corrected chi connectivity index (χ3v) is 4.89. The van der Waals surface area contributed by atoms with Crippen LogP contribution >= 0.6 is 7.14 Å². The quantitative estimate of drug-likeness (QED) is 0.590.